The smallest absolute Gasteiger partial charge is 0.273 e. The molecule has 0 saturated carbocycles. The molecule has 0 amide bonds. The quantitative estimate of drug-likeness (QED) is 0.419. The molecule has 4 heteroatoms. The van der Waals surface area contributed by atoms with Gasteiger partial charge in [-0.25, -0.2) is 0 Å². The van der Waals surface area contributed by atoms with E-state index in [1.165, 1.54) is 0 Å². The first-order chi connectivity index (χ1) is 7.24. The van der Waals surface area contributed by atoms with Crippen molar-refractivity contribution in [3.05, 3.63) is 0 Å². The van der Waals surface area contributed by atoms with E-state index in [1.807, 2.05) is 20.8 Å². The Labute approximate surface area is 92.8 Å². The van der Waals surface area contributed by atoms with E-state index in [1.54, 1.807) is 0 Å². The average molecular weight is 220 g/mol. The second kappa shape index (κ2) is 10.4. The molecule has 0 radical (unpaired) electrons. The van der Waals surface area contributed by atoms with Gasteiger partial charge in [-0.3, -0.25) is 0 Å². The van der Waals surface area contributed by atoms with Crippen molar-refractivity contribution in [2.75, 3.05) is 19.8 Å². The van der Waals surface area contributed by atoms with Gasteiger partial charge in [0.25, 0.3) is 6.48 Å². The highest BCUT2D eigenvalue weighted by Crippen LogP contribution is 2.04. The van der Waals surface area contributed by atoms with Crippen LogP contribution in [0.4, 0.5) is 0 Å². The van der Waals surface area contributed by atoms with Crippen molar-refractivity contribution in [2.45, 2.75) is 53.3 Å². The molecule has 0 aromatic heterocycles. The van der Waals surface area contributed by atoms with Gasteiger partial charge in [-0.05, 0) is 27.2 Å². The molecule has 0 spiro atoms. The molecular formula is C11H24O4. The van der Waals surface area contributed by atoms with Crippen molar-refractivity contribution in [1.29, 1.82) is 0 Å². The highest BCUT2D eigenvalue weighted by Gasteiger charge is 2.13. The van der Waals surface area contributed by atoms with Gasteiger partial charge in [0, 0.05) is 19.8 Å². The molecule has 0 rings (SSSR count). The lowest BCUT2D eigenvalue weighted by atomic mass is 10.4. The Kier molecular flexibility index (Phi) is 10.3. The van der Waals surface area contributed by atoms with E-state index in [2.05, 4.69) is 6.92 Å². The van der Waals surface area contributed by atoms with Crippen molar-refractivity contribution in [1.82, 2.24) is 0 Å². The van der Waals surface area contributed by atoms with Gasteiger partial charge in [0.05, 0.1) is 0 Å². The minimum atomic E-state index is -0.614. The predicted molar refractivity (Wildman–Crippen MR) is 58.4 cm³/mol. The fraction of sp³-hybridized carbons (Fsp3) is 1.00. The summed E-state index contributed by atoms with van der Waals surface area (Å²) in [4.78, 5) is 0. The molecule has 4 nitrogen and oxygen atoms in total. The second-order valence-corrected chi connectivity index (χ2v) is 3.13. The maximum Gasteiger partial charge on any atom is 0.273 e. The summed E-state index contributed by atoms with van der Waals surface area (Å²) in [6.45, 7) is 8.99. The van der Waals surface area contributed by atoms with Crippen LogP contribution >= 0.6 is 0 Å². The molecule has 0 aromatic rings. The number of ether oxygens (including phenoxy) is 4. The summed E-state index contributed by atoms with van der Waals surface area (Å²) >= 11 is 0. The molecule has 15 heavy (non-hydrogen) atoms. The zero-order valence-corrected chi connectivity index (χ0v) is 10.3. The molecule has 0 aliphatic heterocycles. The van der Waals surface area contributed by atoms with Crippen LogP contribution in [0, 0.1) is 0 Å². The zero-order valence-electron chi connectivity index (χ0n) is 10.3. The first kappa shape index (κ1) is 14.8. The van der Waals surface area contributed by atoms with Crippen molar-refractivity contribution in [3.63, 3.8) is 0 Å². The lowest BCUT2D eigenvalue weighted by molar-refractivity contribution is -0.335. The standard InChI is InChI=1S/C11H24O4/c1-5-8-9-14-10(4)15-11(12-6-2)13-7-3/h10-11H,5-9H2,1-4H3. The Morgan fingerprint density at radius 2 is 1.53 bits per heavy atom. The molecule has 0 aliphatic rings. The van der Waals surface area contributed by atoms with Crippen LogP contribution in [0.1, 0.15) is 40.5 Å². The topological polar surface area (TPSA) is 36.9 Å². The third-order valence-corrected chi connectivity index (χ3v) is 1.76. The summed E-state index contributed by atoms with van der Waals surface area (Å²) in [5, 5.41) is 0. The molecule has 0 aromatic carbocycles. The van der Waals surface area contributed by atoms with Crippen LogP contribution in [-0.4, -0.2) is 32.6 Å². The number of hydrogen-bond donors (Lipinski definition) is 0. The van der Waals surface area contributed by atoms with E-state index >= 15 is 0 Å². The predicted octanol–water partition coefficient (Wildman–Crippen LogP) is 2.52. The first-order valence-corrected chi connectivity index (χ1v) is 5.74. The van der Waals surface area contributed by atoms with E-state index in [9.17, 15) is 0 Å². The van der Waals surface area contributed by atoms with Crippen LogP contribution < -0.4 is 0 Å². The van der Waals surface area contributed by atoms with Gasteiger partial charge in [-0.1, -0.05) is 13.3 Å². The van der Waals surface area contributed by atoms with Crippen LogP contribution in [0.5, 0.6) is 0 Å². The first-order valence-electron chi connectivity index (χ1n) is 5.74. The van der Waals surface area contributed by atoms with Gasteiger partial charge in [-0.15, -0.1) is 0 Å². The highest BCUT2D eigenvalue weighted by molar-refractivity contribution is 4.36. The van der Waals surface area contributed by atoms with Crippen molar-refractivity contribution >= 4 is 0 Å². The number of hydrogen-bond acceptors (Lipinski definition) is 4. The Bertz CT molecular complexity index is 124. The van der Waals surface area contributed by atoms with E-state index in [4.69, 9.17) is 18.9 Å². The molecule has 0 aliphatic carbocycles. The summed E-state index contributed by atoms with van der Waals surface area (Å²) < 4.78 is 21.3. The van der Waals surface area contributed by atoms with Crippen molar-refractivity contribution in [3.8, 4) is 0 Å². The van der Waals surface area contributed by atoms with Gasteiger partial charge in [-0.2, -0.15) is 0 Å². The Morgan fingerprint density at radius 3 is 2.00 bits per heavy atom. The van der Waals surface area contributed by atoms with Gasteiger partial charge < -0.3 is 18.9 Å². The molecule has 0 saturated heterocycles. The molecule has 92 valence electrons. The summed E-state index contributed by atoms with van der Waals surface area (Å²) in [6, 6.07) is 0. The SMILES string of the molecule is CCCCOC(C)OC(OCC)OCC. The normalized spacial score (nSPS) is 13.4. The summed E-state index contributed by atoms with van der Waals surface area (Å²) in [7, 11) is 0. The monoisotopic (exact) mass is 220 g/mol. The molecule has 0 bridgehead atoms. The van der Waals surface area contributed by atoms with Gasteiger partial charge in [0.1, 0.15) is 0 Å². The molecule has 0 heterocycles. The molecule has 1 atom stereocenters. The van der Waals surface area contributed by atoms with Crippen LogP contribution in [0.15, 0.2) is 0 Å². The van der Waals surface area contributed by atoms with Crippen LogP contribution in [0.2, 0.25) is 0 Å². The third kappa shape index (κ3) is 8.81. The lowest BCUT2D eigenvalue weighted by Crippen LogP contribution is -2.27. The van der Waals surface area contributed by atoms with Crippen LogP contribution in [-0.2, 0) is 18.9 Å². The van der Waals surface area contributed by atoms with Gasteiger partial charge in [0.2, 0.25) is 0 Å². The maximum absolute atomic E-state index is 5.42. The van der Waals surface area contributed by atoms with Crippen molar-refractivity contribution < 1.29 is 18.9 Å². The number of rotatable bonds is 10. The van der Waals surface area contributed by atoms with E-state index < -0.39 is 6.48 Å². The highest BCUT2D eigenvalue weighted by atomic mass is 16.9. The summed E-state index contributed by atoms with van der Waals surface area (Å²) in [5.41, 5.74) is 0. The largest absolute Gasteiger partial charge is 0.353 e. The van der Waals surface area contributed by atoms with Crippen LogP contribution in [0.3, 0.4) is 0 Å². The van der Waals surface area contributed by atoms with Crippen molar-refractivity contribution in [2.24, 2.45) is 0 Å². The Hall–Kier alpha value is -0.160. The van der Waals surface area contributed by atoms with E-state index in [-0.39, 0.29) is 6.29 Å². The fourth-order valence-corrected chi connectivity index (χ4v) is 0.988. The molecule has 1 unspecified atom stereocenters. The zero-order chi connectivity index (χ0) is 11.5. The minimum absolute atomic E-state index is 0.292. The molecule has 0 fully saturated rings. The fourth-order valence-electron chi connectivity index (χ4n) is 0.988. The van der Waals surface area contributed by atoms with E-state index in [0.717, 1.165) is 12.8 Å². The molecule has 0 N–H and O–H groups in total. The Balaban J connectivity index is 3.62. The molecular weight excluding hydrogens is 196 g/mol. The minimum Gasteiger partial charge on any atom is -0.353 e. The van der Waals surface area contributed by atoms with Gasteiger partial charge >= 0.3 is 0 Å². The summed E-state index contributed by atoms with van der Waals surface area (Å²) in [5.74, 6) is 0. The van der Waals surface area contributed by atoms with E-state index in [0.29, 0.717) is 19.8 Å². The van der Waals surface area contributed by atoms with Crippen LogP contribution in [0.25, 0.3) is 0 Å². The maximum atomic E-state index is 5.42. The van der Waals surface area contributed by atoms with Gasteiger partial charge in [0.15, 0.2) is 6.29 Å². The summed E-state index contributed by atoms with van der Waals surface area (Å²) in [6.07, 6.45) is 1.87. The average Bonchev–Trinajstić information content (AvgIpc) is 2.19. The second-order valence-electron chi connectivity index (χ2n) is 3.13. The lowest BCUT2D eigenvalue weighted by Gasteiger charge is -2.21. The third-order valence-electron chi connectivity index (χ3n) is 1.76. The Morgan fingerprint density at radius 1 is 0.933 bits per heavy atom. The number of unbranched alkanes of at least 4 members (excludes halogenated alkanes) is 1.